The van der Waals surface area contributed by atoms with E-state index in [-0.39, 0.29) is 6.04 Å². The minimum absolute atomic E-state index is 0.0422. The molecule has 2 aliphatic rings. The number of para-hydroxylation sites is 1. The summed E-state index contributed by atoms with van der Waals surface area (Å²) in [5, 5.41) is 1.32. The minimum atomic E-state index is 0.0422. The molecular formula is C29H24N4O. The van der Waals surface area contributed by atoms with Crippen molar-refractivity contribution in [3.05, 3.63) is 108 Å². The summed E-state index contributed by atoms with van der Waals surface area (Å²) in [7, 11) is 0. The van der Waals surface area contributed by atoms with Crippen molar-refractivity contribution in [2.75, 3.05) is 18.1 Å². The molecule has 0 bridgehead atoms. The Morgan fingerprint density at radius 2 is 1.76 bits per heavy atom. The van der Waals surface area contributed by atoms with Crippen LogP contribution in [0.15, 0.2) is 85.2 Å². The molecule has 0 spiro atoms. The predicted octanol–water partition coefficient (Wildman–Crippen LogP) is 5.71. The lowest BCUT2D eigenvalue weighted by atomic mass is 9.91. The third-order valence-electron chi connectivity index (χ3n) is 7.08. The molecule has 2 aromatic heterocycles. The highest BCUT2D eigenvalue weighted by Crippen LogP contribution is 2.42. The summed E-state index contributed by atoms with van der Waals surface area (Å²) in [6, 6.07) is 27.7. The lowest BCUT2D eigenvalue weighted by molar-refractivity contribution is 0.357. The summed E-state index contributed by atoms with van der Waals surface area (Å²) in [6.45, 7) is 1.65. The van der Waals surface area contributed by atoms with Crippen LogP contribution in [0.5, 0.6) is 5.75 Å². The fraction of sp³-hybridized carbons (Fsp3) is 0.172. The fourth-order valence-corrected chi connectivity index (χ4v) is 5.48. The number of benzene rings is 3. The minimum Gasteiger partial charge on any atom is -0.493 e. The Morgan fingerprint density at radius 1 is 0.882 bits per heavy atom. The zero-order chi connectivity index (χ0) is 22.5. The van der Waals surface area contributed by atoms with Gasteiger partial charge in [-0.05, 0) is 41.3 Å². The summed E-state index contributed by atoms with van der Waals surface area (Å²) in [6.07, 6.45) is 3.61. The predicted molar refractivity (Wildman–Crippen MR) is 134 cm³/mol. The van der Waals surface area contributed by atoms with Gasteiger partial charge in [-0.3, -0.25) is 0 Å². The van der Waals surface area contributed by atoms with Gasteiger partial charge in [-0.25, -0.2) is 9.97 Å². The fourth-order valence-electron chi connectivity index (χ4n) is 5.48. The molecule has 0 saturated carbocycles. The van der Waals surface area contributed by atoms with Crippen molar-refractivity contribution < 1.29 is 4.74 Å². The standard InChI is InChI=1S/C29H24N4O/c1-2-6-19(7-3-1)25-17-27(31-18-30-25)33-14-12-23-22-8-4-5-9-24(22)32-28(23)29(33)21-10-11-26-20(16-21)13-15-34-26/h1-11,16-18,29,32H,12-15H2. The average molecular weight is 445 g/mol. The van der Waals surface area contributed by atoms with Gasteiger partial charge in [0.05, 0.1) is 18.3 Å². The van der Waals surface area contributed by atoms with Gasteiger partial charge < -0.3 is 14.6 Å². The summed E-state index contributed by atoms with van der Waals surface area (Å²) in [4.78, 5) is 15.5. The average Bonchev–Trinajstić information content (AvgIpc) is 3.53. The second-order valence-electron chi connectivity index (χ2n) is 9.00. The Balaban J connectivity index is 1.39. The number of aromatic amines is 1. The smallest absolute Gasteiger partial charge is 0.133 e. The molecule has 34 heavy (non-hydrogen) atoms. The number of nitrogens with zero attached hydrogens (tertiary/aromatic N) is 3. The van der Waals surface area contributed by atoms with Crippen LogP contribution in [0.25, 0.3) is 22.2 Å². The second kappa shape index (κ2) is 7.73. The Bertz CT molecular complexity index is 1510. The zero-order valence-electron chi connectivity index (χ0n) is 18.7. The van der Waals surface area contributed by atoms with E-state index >= 15 is 0 Å². The maximum absolute atomic E-state index is 5.79. The van der Waals surface area contributed by atoms with Gasteiger partial charge in [0, 0.05) is 41.2 Å². The van der Waals surface area contributed by atoms with Crippen LogP contribution in [0, 0.1) is 0 Å². The first kappa shape index (κ1) is 19.4. The van der Waals surface area contributed by atoms with Crippen molar-refractivity contribution in [3.63, 3.8) is 0 Å². The van der Waals surface area contributed by atoms with Crippen molar-refractivity contribution in [1.82, 2.24) is 15.0 Å². The normalized spacial score (nSPS) is 16.8. The van der Waals surface area contributed by atoms with Gasteiger partial charge in [0.15, 0.2) is 0 Å². The molecule has 7 rings (SSSR count). The lowest BCUT2D eigenvalue weighted by Crippen LogP contribution is -2.36. The molecule has 1 unspecified atom stereocenters. The first-order valence-electron chi connectivity index (χ1n) is 11.8. The molecule has 0 fully saturated rings. The molecule has 0 radical (unpaired) electrons. The number of nitrogens with one attached hydrogen (secondary N) is 1. The third-order valence-corrected chi connectivity index (χ3v) is 7.08. The monoisotopic (exact) mass is 444 g/mol. The quantitative estimate of drug-likeness (QED) is 0.387. The van der Waals surface area contributed by atoms with Gasteiger partial charge in [-0.15, -0.1) is 0 Å². The maximum Gasteiger partial charge on any atom is 0.133 e. The van der Waals surface area contributed by atoms with Crippen LogP contribution < -0.4 is 9.64 Å². The van der Waals surface area contributed by atoms with Crippen LogP contribution in [0.4, 0.5) is 5.82 Å². The number of hydrogen-bond donors (Lipinski definition) is 1. The summed E-state index contributed by atoms with van der Waals surface area (Å²) >= 11 is 0. The largest absolute Gasteiger partial charge is 0.493 e. The molecule has 5 heteroatoms. The second-order valence-corrected chi connectivity index (χ2v) is 9.00. The molecule has 5 aromatic rings. The third kappa shape index (κ3) is 3.08. The molecular weight excluding hydrogens is 420 g/mol. The molecule has 5 nitrogen and oxygen atoms in total. The first-order valence-corrected chi connectivity index (χ1v) is 11.8. The highest BCUT2D eigenvalue weighted by Gasteiger charge is 2.33. The number of rotatable bonds is 3. The first-order chi connectivity index (χ1) is 16.8. The van der Waals surface area contributed by atoms with E-state index in [1.54, 1.807) is 6.33 Å². The molecule has 4 heterocycles. The summed E-state index contributed by atoms with van der Waals surface area (Å²) in [5.74, 6) is 1.95. The van der Waals surface area contributed by atoms with E-state index in [1.165, 1.54) is 33.3 Å². The number of aromatic nitrogens is 3. The van der Waals surface area contributed by atoms with E-state index in [0.29, 0.717) is 0 Å². The Morgan fingerprint density at radius 3 is 2.71 bits per heavy atom. The number of anilines is 1. The Kier molecular flexibility index (Phi) is 4.40. The van der Waals surface area contributed by atoms with E-state index in [2.05, 4.69) is 75.5 Å². The summed E-state index contributed by atoms with van der Waals surface area (Å²) < 4.78 is 5.79. The molecule has 1 N–H and O–H groups in total. The number of hydrogen-bond acceptors (Lipinski definition) is 4. The lowest BCUT2D eigenvalue weighted by Gasteiger charge is -2.37. The van der Waals surface area contributed by atoms with Crippen LogP contribution >= 0.6 is 0 Å². The van der Waals surface area contributed by atoms with Gasteiger partial charge in [0.1, 0.15) is 17.9 Å². The van der Waals surface area contributed by atoms with Crippen molar-refractivity contribution in [2.45, 2.75) is 18.9 Å². The molecule has 3 aromatic carbocycles. The van der Waals surface area contributed by atoms with Crippen LogP contribution in [-0.4, -0.2) is 28.1 Å². The number of ether oxygens (including phenoxy) is 1. The van der Waals surface area contributed by atoms with Crippen molar-refractivity contribution in [1.29, 1.82) is 0 Å². The van der Waals surface area contributed by atoms with Gasteiger partial charge in [-0.2, -0.15) is 0 Å². The topological polar surface area (TPSA) is 54.0 Å². The molecule has 2 aliphatic heterocycles. The van der Waals surface area contributed by atoms with Gasteiger partial charge in [0.25, 0.3) is 0 Å². The number of H-pyrrole nitrogens is 1. The van der Waals surface area contributed by atoms with E-state index in [9.17, 15) is 0 Å². The Hall–Kier alpha value is -4.12. The van der Waals surface area contributed by atoms with Crippen LogP contribution in [0.3, 0.4) is 0 Å². The summed E-state index contributed by atoms with van der Waals surface area (Å²) in [5.41, 5.74) is 8.44. The molecule has 0 amide bonds. The van der Waals surface area contributed by atoms with Crippen molar-refractivity contribution in [2.24, 2.45) is 0 Å². The van der Waals surface area contributed by atoms with Crippen LogP contribution in [0.1, 0.15) is 28.4 Å². The molecule has 0 saturated heterocycles. The van der Waals surface area contributed by atoms with E-state index < -0.39 is 0 Å². The highest BCUT2D eigenvalue weighted by molar-refractivity contribution is 5.86. The Labute approximate surface area is 198 Å². The van der Waals surface area contributed by atoms with E-state index in [1.807, 2.05) is 18.2 Å². The molecule has 1 atom stereocenters. The number of fused-ring (bicyclic) bond motifs is 4. The van der Waals surface area contributed by atoms with E-state index in [4.69, 9.17) is 9.72 Å². The van der Waals surface area contributed by atoms with Crippen molar-refractivity contribution >= 4 is 16.7 Å². The van der Waals surface area contributed by atoms with Crippen molar-refractivity contribution in [3.8, 4) is 17.0 Å². The SMILES string of the molecule is c1ccc(-c2cc(N3CCc4c([nH]c5ccccc45)C3c3ccc4c(c3)CCO4)ncn2)cc1. The molecule has 0 aliphatic carbocycles. The zero-order valence-corrected chi connectivity index (χ0v) is 18.7. The van der Waals surface area contributed by atoms with Crippen LogP contribution in [0.2, 0.25) is 0 Å². The van der Waals surface area contributed by atoms with Crippen LogP contribution in [-0.2, 0) is 12.8 Å². The van der Waals surface area contributed by atoms with Gasteiger partial charge >= 0.3 is 0 Å². The van der Waals surface area contributed by atoms with Gasteiger partial charge in [-0.1, -0.05) is 54.6 Å². The maximum atomic E-state index is 5.79. The highest BCUT2D eigenvalue weighted by atomic mass is 16.5. The van der Waals surface area contributed by atoms with Gasteiger partial charge in [0.2, 0.25) is 0 Å². The molecule has 166 valence electrons. The van der Waals surface area contributed by atoms with E-state index in [0.717, 1.165) is 48.8 Å².